The zero-order valence-corrected chi connectivity index (χ0v) is 9.91. The minimum absolute atomic E-state index is 0.196. The van der Waals surface area contributed by atoms with Gasteiger partial charge in [0.1, 0.15) is 0 Å². The van der Waals surface area contributed by atoms with Gasteiger partial charge in [0, 0.05) is 17.1 Å². The number of nitrogens with zero attached hydrogens (tertiary/aromatic N) is 3. The maximum Gasteiger partial charge on any atom is 0.329 e. The predicted molar refractivity (Wildman–Crippen MR) is 58.3 cm³/mol. The largest absolute Gasteiger partial charge is 0.466 e. The number of methoxy groups -OCH3 is 1. The third-order valence-electron chi connectivity index (χ3n) is 2.55. The first-order valence-electron chi connectivity index (χ1n) is 4.63. The lowest BCUT2D eigenvalue weighted by molar-refractivity contribution is -0.115. The first-order valence-corrected chi connectivity index (χ1v) is 5.40. The van der Waals surface area contributed by atoms with Gasteiger partial charge in [0.2, 0.25) is 5.13 Å². The summed E-state index contributed by atoms with van der Waals surface area (Å²) < 4.78 is 8.72. The summed E-state index contributed by atoms with van der Waals surface area (Å²) in [7, 11) is 1.45. The van der Waals surface area contributed by atoms with Gasteiger partial charge in [0.25, 0.3) is 5.91 Å². The minimum atomic E-state index is -0.954. The van der Waals surface area contributed by atoms with Crippen molar-refractivity contribution >= 4 is 22.6 Å². The molecule has 16 heavy (non-hydrogen) atoms. The fraction of sp³-hybridized carbons (Fsp3) is 0.444. The highest BCUT2D eigenvalue weighted by atomic mass is 32.1. The Kier molecular flexibility index (Phi) is 2.64. The summed E-state index contributed by atoms with van der Waals surface area (Å²) in [6.45, 7) is 3.40. The van der Waals surface area contributed by atoms with Crippen LogP contribution in [0, 0.1) is 0 Å². The monoisotopic (exact) mass is 241 g/mol. The van der Waals surface area contributed by atoms with Crippen molar-refractivity contribution in [3.63, 3.8) is 0 Å². The molecule has 1 aliphatic heterocycles. The second kappa shape index (κ2) is 3.84. The lowest BCUT2D eigenvalue weighted by atomic mass is 10.2. The Bertz CT molecular complexity index is 468. The van der Waals surface area contributed by atoms with E-state index in [4.69, 9.17) is 4.74 Å². The molecule has 1 N–H and O–H groups in total. The second-order valence-electron chi connectivity index (χ2n) is 3.42. The summed E-state index contributed by atoms with van der Waals surface area (Å²) in [5, 5.41) is 10.2. The smallest absolute Gasteiger partial charge is 0.329 e. The lowest BCUT2D eigenvalue weighted by Gasteiger charge is -2.17. The maximum atomic E-state index is 11.8. The van der Waals surface area contributed by atoms with E-state index >= 15 is 0 Å². The molecule has 1 aromatic heterocycles. The fourth-order valence-corrected chi connectivity index (χ4v) is 2.09. The molecule has 1 amide bonds. The van der Waals surface area contributed by atoms with Gasteiger partial charge in [0.15, 0.2) is 6.23 Å². The number of rotatable bonds is 2. The van der Waals surface area contributed by atoms with Crippen molar-refractivity contribution in [1.82, 2.24) is 9.36 Å². The average molecular weight is 241 g/mol. The Hall–Kier alpha value is -1.47. The van der Waals surface area contributed by atoms with Gasteiger partial charge < -0.3 is 9.84 Å². The van der Waals surface area contributed by atoms with Crippen molar-refractivity contribution in [1.29, 1.82) is 0 Å². The van der Waals surface area contributed by atoms with Crippen LogP contribution in [0.3, 0.4) is 0 Å². The predicted octanol–water partition coefficient (Wildman–Crippen LogP) is 0.548. The Balaban J connectivity index is 2.34. The van der Waals surface area contributed by atoms with Gasteiger partial charge in [0.05, 0.1) is 7.11 Å². The number of aliphatic hydroxyl groups is 1. The zero-order valence-electron chi connectivity index (χ0n) is 9.09. The molecular formula is C9H11N3O3S. The summed E-state index contributed by atoms with van der Waals surface area (Å²) >= 11 is 1.02. The van der Waals surface area contributed by atoms with Gasteiger partial charge >= 0.3 is 6.01 Å². The first-order chi connectivity index (χ1) is 7.56. The molecule has 1 aliphatic rings. The van der Waals surface area contributed by atoms with E-state index < -0.39 is 6.23 Å². The van der Waals surface area contributed by atoms with Crippen LogP contribution in [0.15, 0.2) is 11.1 Å². The zero-order chi connectivity index (χ0) is 11.9. The molecule has 0 fully saturated rings. The highest BCUT2D eigenvalue weighted by Crippen LogP contribution is 2.31. The van der Waals surface area contributed by atoms with Gasteiger partial charge in [-0.1, -0.05) is 0 Å². The van der Waals surface area contributed by atoms with Crippen LogP contribution in [-0.2, 0) is 4.79 Å². The van der Waals surface area contributed by atoms with Crippen molar-refractivity contribution in [2.45, 2.75) is 20.1 Å². The number of hydrogen-bond donors (Lipinski definition) is 1. The van der Waals surface area contributed by atoms with Crippen molar-refractivity contribution in [2.24, 2.45) is 0 Å². The normalized spacial score (nSPS) is 20.9. The summed E-state index contributed by atoms with van der Waals surface area (Å²) in [6.07, 6.45) is -0.954. The number of ether oxygens (including phenoxy) is 1. The van der Waals surface area contributed by atoms with Gasteiger partial charge in [-0.05, 0) is 19.4 Å². The first kappa shape index (κ1) is 11.0. The van der Waals surface area contributed by atoms with Gasteiger partial charge in [-0.3, -0.25) is 9.69 Å². The molecule has 0 aromatic carbocycles. The lowest BCUT2D eigenvalue weighted by Crippen LogP contribution is -2.35. The minimum Gasteiger partial charge on any atom is -0.466 e. The molecule has 1 aromatic rings. The Morgan fingerprint density at radius 1 is 1.50 bits per heavy atom. The standard InChI is InChI=1S/C9H11N3O3S/c1-4-5(2)7(14)12(6(4)13)9-10-8(15-3)11-16-9/h6,13H,1-3H3. The van der Waals surface area contributed by atoms with E-state index in [1.807, 2.05) is 0 Å². The maximum absolute atomic E-state index is 11.8. The van der Waals surface area contributed by atoms with Crippen LogP contribution in [0.2, 0.25) is 0 Å². The molecule has 86 valence electrons. The van der Waals surface area contributed by atoms with Crippen molar-refractivity contribution in [3.8, 4) is 6.01 Å². The highest BCUT2D eigenvalue weighted by molar-refractivity contribution is 7.10. The molecule has 0 radical (unpaired) electrons. The van der Waals surface area contributed by atoms with Gasteiger partial charge in [-0.25, -0.2) is 0 Å². The van der Waals surface area contributed by atoms with Gasteiger partial charge in [-0.15, -0.1) is 4.37 Å². The van der Waals surface area contributed by atoms with Gasteiger partial charge in [-0.2, -0.15) is 4.98 Å². The quantitative estimate of drug-likeness (QED) is 0.818. The van der Waals surface area contributed by atoms with E-state index in [-0.39, 0.29) is 11.9 Å². The number of carbonyl (C=O) groups is 1. The van der Waals surface area contributed by atoms with Crippen molar-refractivity contribution < 1.29 is 14.6 Å². The van der Waals surface area contributed by atoms with Crippen LogP contribution in [0.5, 0.6) is 6.01 Å². The van der Waals surface area contributed by atoms with Crippen LogP contribution < -0.4 is 9.64 Å². The molecule has 1 atom stereocenters. The Labute approximate surface area is 96.3 Å². The summed E-state index contributed by atoms with van der Waals surface area (Å²) in [5.74, 6) is -0.246. The van der Waals surface area contributed by atoms with Crippen molar-refractivity contribution in [2.75, 3.05) is 12.0 Å². The van der Waals surface area contributed by atoms with Crippen LogP contribution in [0.1, 0.15) is 13.8 Å². The van der Waals surface area contributed by atoms with Crippen LogP contribution in [0.4, 0.5) is 5.13 Å². The Morgan fingerprint density at radius 3 is 2.62 bits per heavy atom. The third kappa shape index (κ3) is 1.48. The topological polar surface area (TPSA) is 75.5 Å². The number of anilines is 1. The van der Waals surface area contributed by atoms with E-state index in [9.17, 15) is 9.90 Å². The molecule has 2 heterocycles. The summed E-state index contributed by atoms with van der Waals surface area (Å²) in [4.78, 5) is 17.0. The molecule has 7 heteroatoms. The van der Waals surface area contributed by atoms with Crippen LogP contribution >= 0.6 is 11.5 Å². The molecule has 1 unspecified atom stereocenters. The van der Waals surface area contributed by atoms with E-state index in [0.717, 1.165) is 11.5 Å². The number of carbonyl (C=O) groups excluding carboxylic acids is 1. The number of hydrogen-bond acceptors (Lipinski definition) is 6. The number of aromatic nitrogens is 2. The number of aliphatic hydroxyl groups excluding tert-OH is 1. The molecule has 0 bridgehead atoms. The Morgan fingerprint density at radius 2 is 2.19 bits per heavy atom. The third-order valence-corrected chi connectivity index (χ3v) is 3.25. The molecule has 0 aliphatic carbocycles. The van der Waals surface area contributed by atoms with E-state index in [2.05, 4.69) is 9.36 Å². The van der Waals surface area contributed by atoms with Crippen LogP contribution in [-0.4, -0.2) is 33.7 Å². The van der Waals surface area contributed by atoms with E-state index in [1.54, 1.807) is 13.8 Å². The van der Waals surface area contributed by atoms with Crippen LogP contribution in [0.25, 0.3) is 0 Å². The second-order valence-corrected chi connectivity index (χ2v) is 4.15. The summed E-state index contributed by atoms with van der Waals surface area (Å²) in [6, 6.07) is 0.196. The average Bonchev–Trinajstić information content (AvgIpc) is 2.81. The van der Waals surface area contributed by atoms with Crippen molar-refractivity contribution in [3.05, 3.63) is 11.1 Å². The molecule has 0 saturated heterocycles. The summed E-state index contributed by atoms with van der Waals surface area (Å²) in [5.41, 5.74) is 1.18. The molecular weight excluding hydrogens is 230 g/mol. The molecule has 6 nitrogen and oxygen atoms in total. The molecule has 2 rings (SSSR count). The molecule has 0 spiro atoms. The fourth-order valence-electron chi connectivity index (χ4n) is 1.42. The van der Waals surface area contributed by atoms with E-state index in [0.29, 0.717) is 16.3 Å². The molecule has 0 saturated carbocycles. The SMILES string of the molecule is COc1nsc(N2C(=O)C(C)=C(C)C2O)n1. The van der Waals surface area contributed by atoms with E-state index in [1.165, 1.54) is 12.0 Å². The highest BCUT2D eigenvalue weighted by Gasteiger charge is 2.36. The number of amides is 1.